The number of hydrogen-bond donors (Lipinski definition) is 1. The van der Waals surface area contributed by atoms with Gasteiger partial charge in [0.15, 0.2) is 16.7 Å². The molecule has 0 heterocycles. The Labute approximate surface area is 108 Å². The molecule has 0 amide bonds. The number of benzene rings is 1. The standard InChI is InChI=1S/C10H12F3NO4S/c1-17-7-4-3-6(5-8(7)18-2)9(10(11,12)13)19(14,15)16/h3-5,9H,1-2H3,(H2,14,15,16). The second-order valence-corrected chi connectivity index (χ2v) is 5.27. The molecule has 1 rings (SSSR count). The quantitative estimate of drug-likeness (QED) is 0.916. The molecule has 1 atom stereocenters. The van der Waals surface area contributed by atoms with Gasteiger partial charge in [0, 0.05) is 0 Å². The van der Waals surface area contributed by atoms with Crippen LogP contribution in [0.4, 0.5) is 13.2 Å². The van der Waals surface area contributed by atoms with Gasteiger partial charge in [0.2, 0.25) is 10.0 Å². The van der Waals surface area contributed by atoms with Crippen molar-refractivity contribution >= 4 is 10.0 Å². The third-order valence-electron chi connectivity index (χ3n) is 2.34. The molecule has 0 saturated heterocycles. The van der Waals surface area contributed by atoms with E-state index in [0.717, 1.165) is 12.1 Å². The van der Waals surface area contributed by atoms with E-state index < -0.39 is 27.0 Å². The van der Waals surface area contributed by atoms with Crippen molar-refractivity contribution in [3.8, 4) is 11.5 Å². The van der Waals surface area contributed by atoms with Crippen LogP contribution in [-0.4, -0.2) is 28.8 Å². The summed E-state index contributed by atoms with van der Waals surface area (Å²) in [5.41, 5.74) is -0.535. The Morgan fingerprint density at radius 1 is 1.16 bits per heavy atom. The molecule has 0 spiro atoms. The van der Waals surface area contributed by atoms with E-state index >= 15 is 0 Å². The summed E-state index contributed by atoms with van der Waals surface area (Å²) in [4.78, 5) is 0. The predicted molar refractivity (Wildman–Crippen MR) is 61.4 cm³/mol. The monoisotopic (exact) mass is 299 g/mol. The van der Waals surface area contributed by atoms with E-state index in [-0.39, 0.29) is 11.5 Å². The van der Waals surface area contributed by atoms with E-state index in [1.165, 1.54) is 20.3 Å². The maximum absolute atomic E-state index is 12.8. The largest absolute Gasteiger partial charge is 0.493 e. The minimum Gasteiger partial charge on any atom is -0.493 e. The highest BCUT2D eigenvalue weighted by molar-refractivity contribution is 7.89. The number of rotatable bonds is 4. The molecular weight excluding hydrogens is 287 g/mol. The number of primary sulfonamides is 1. The zero-order valence-corrected chi connectivity index (χ0v) is 10.9. The highest BCUT2D eigenvalue weighted by atomic mass is 32.2. The van der Waals surface area contributed by atoms with E-state index in [1.54, 1.807) is 0 Å². The van der Waals surface area contributed by atoms with Crippen LogP contribution >= 0.6 is 0 Å². The molecule has 0 bridgehead atoms. The molecule has 0 aromatic heterocycles. The summed E-state index contributed by atoms with van der Waals surface area (Å²) in [6, 6.07) is 3.09. The number of hydrogen-bond acceptors (Lipinski definition) is 4. The first kappa shape index (κ1) is 15.6. The Morgan fingerprint density at radius 2 is 1.68 bits per heavy atom. The summed E-state index contributed by atoms with van der Waals surface area (Å²) in [5.74, 6) is 0.166. The van der Waals surface area contributed by atoms with Crippen molar-refractivity contribution in [1.82, 2.24) is 0 Å². The fraction of sp³-hybridized carbons (Fsp3) is 0.400. The molecule has 9 heteroatoms. The third-order valence-corrected chi connectivity index (χ3v) is 3.53. The zero-order valence-electron chi connectivity index (χ0n) is 10.1. The van der Waals surface area contributed by atoms with Crippen molar-refractivity contribution in [1.29, 1.82) is 0 Å². The van der Waals surface area contributed by atoms with Gasteiger partial charge in [0.1, 0.15) is 0 Å². The van der Waals surface area contributed by atoms with Crippen molar-refractivity contribution in [2.75, 3.05) is 14.2 Å². The van der Waals surface area contributed by atoms with Crippen molar-refractivity contribution < 1.29 is 31.1 Å². The Balaban J connectivity index is 3.41. The summed E-state index contributed by atoms with van der Waals surface area (Å²) in [7, 11) is -2.31. The second-order valence-electron chi connectivity index (χ2n) is 3.63. The fourth-order valence-corrected chi connectivity index (χ4v) is 2.48. The van der Waals surface area contributed by atoms with Crippen LogP contribution in [0.2, 0.25) is 0 Å². The van der Waals surface area contributed by atoms with Crippen LogP contribution in [0.1, 0.15) is 10.8 Å². The summed E-state index contributed by atoms with van der Waals surface area (Å²) in [6.07, 6.45) is -5.02. The molecule has 2 N–H and O–H groups in total. The first-order valence-corrected chi connectivity index (χ1v) is 6.52. The van der Waals surface area contributed by atoms with Crippen LogP contribution in [0.3, 0.4) is 0 Å². The van der Waals surface area contributed by atoms with Gasteiger partial charge in [0.05, 0.1) is 14.2 Å². The minimum atomic E-state index is -5.02. The first-order valence-electron chi connectivity index (χ1n) is 4.91. The molecule has 0 radical (unpaired) electrons. The van der Waals surface area contributed by atoms with E-state index in [4.69, 9.17) is 9.47 Å². The number of sulfonamides is 1. The molecule has 0 aliphatic rings. The maximum Gasteiger partial charge on any atom is 0.410 e. The fourth-order valence-electron chi connectivity index (χ4n) is 1.58. The second kappa shape index (κ2) is 5.25. The first-order chi connectivity index (χ1) is 8.61. The average molecular weight is 299 g/mol. The smallest absolute Gasteiger partial charge is 0.410 e. The summed E-state index contributed by atoms with van der Waals surface area (Å²) in [5, 5.41) is 1.83. The van der Waals surface area contributed by atoms with Crippen molar-refractivity contribution in [3.05, 3.63) is 23.8 Å². The summed E-state index contributed by atoms with van der Waals surface area (Å²) >= 11 is 0. The van der Waals surface area contributed by atoms with Gasteiger partial charge >= 0.3 is 6.18 Å². The van der Waals surface area contributed by atoms with Crippen molar-refractivity contribution in [2.45, 2.75) is 11.4 Å². The van der Waals surface area contributed by atoms with Crippen molar-refractivity contribution in [2.24, 2.45) is 5.14 Å². The van der Waals surface area contributed by atoms with E-state index in [0.29, 0.717) is 0 Å². The number of methoxy groups -OCH3 is 2. The van der Waals surface area contributed by atoms with Crippen LogP contribution in [0.15, 0.2) is 18.2 Å². The number of ether oxygens (including phenoxy) is 2. The van der Waals surface area contributed by atoms with Gasteiger partial charge in [-0.1, -0.05) is 6.07 Å². The molecule has 1 aromatic rings. The Kier molecular flexibility index (Phi) is 4.31. The normalized spacial score (nSPS) is 14.0. The van der Waals surface area contributed by atoms with Crippen LogP contribution in [0.25, 0.3) is 0 Å². The third kappa shape index (κ3) is 3.51. The number of alkyl halides is 3. The van der Waals surface area contributed by atoms with Crippen LogP contribution in [0, 0.1) is 0 Å². The minimum absolute atomic E-state index is 0.0158. The van der Waals surface area contributed by atoms with E-state index in [1.807, 2.05) is 0 Å². The lowest BCUT2D eigenvalue weighted by molar-refractivity contribution is -0.131. The highest BCUT2D eigenvalue weighted by Crippen LogP contribution is 2.40. The van der Waals surface area contributed by atoms with Crippen LogP contribution < -0.4 is 14.6 Å². The van der Waals surface area contributed by atoms with E-state index in [9.17, 15) is 21.6 Å². The molecule has 108 valence electrons. The van der Waals surface area contributed by atoms with Gasteiger partial charge in [0.25, 0.3) is 0 Å². The van der Waals surface area contributed by atoms with Crippen LogP contribution in [-0.2, 0) is 10.0 Å². The molecule has 1 aromatic carbocycles. The van der Waals surface area contributed by atoms with E-state index in [2.05, 4.69) is 5.14 Å². The topological polar surface area (TPSA) is 78.6 Å². The van der Waals surface area contributed by atoms with Crippen LogP contribution in [0.5, 0.6) is 11.5 Å². The molecule has 0 aliphatic carbocycles. The lowest BCUT2D eigenvalue weighted by atomic mass is 10.1. The van der Waals surface area contributed by atoms with Gasteiger partial charge in [-0.05, 0) is 17.7 Å². The van der Waals surface area contributed by atoms with Gasteiger partial charge in [-0.15, -0.1) is 0 Å². The van der Waals surface area contributed by atoms with Gasteiger partial charge in [-0.25, -0.2) is 13.6 Å². The Bertz CT molecular complexity index is 556. The summed E-state index contributed by atoms with van der Waals surface area (Å²) < 4.78 is 70.3. The van der Waals surface area contributed by atoms with Gasteiger partial charge in [-0.3, -0.25) is 0 Å². The Morgan fingerprint density at radius 3 is 2.05 bits per heavy atom. The lowest BCUT2D eigenvalue weighted by Crippen LogP contribution is -2.33. The molecule has 0 aliphatic heterocycles. The average Bonchev–Trinajstić information content (AvgIpc) is 2.24. The maximum atomic E-state index is 12.8. The molecule has 0 fully saturated rings. The highest BCUT2D eigenvalue weighted by Gasteiger charge is 2.48. The SMILES string of the molecule is COc1ccc(C(C(F)(F)F)S(N)(=O)=O)cc1OC. The Hall–Kier alpha value is -1.48. The number of halogens is 3. The van der Waals surface area contributed by atoms with Gasteiger partial charge < -0.3 is 9.47 Å². The molecule has 5 nitrogen and oxygen atoms in total. The van der Waals surface area contributed by atoms with Crippen molar-refractivity contribution in [3.63, 3.8) is 0 Å². The predicted octanol–water partition coefficient (Wildman–Crippen LogP) is 1.60. The van der Waals surface area contributed by atoms with Gasteiger partial charge in [-0.2, -0.15) is 13.2 Å². The molecule has 19 heavy (non-hydrogen) atoms. The number of nitrogens with two attached hydrogens (primary N) is 1. The molecular formula is C10H12F3NO4S. The summed E-state index contributed by atoms with van der Waals surface area (Å²) in [6.45, 7) is 0. The zero-order chi connectivity index (χ0) is 14.8. The molecule has 0 saturated carbocycles. The lowest BCUT2D eigenvalue weighted by Gasteiger charge is -2.19. The molecule has 1 unspecified atom stereocenters.